The number of nitrogens with zero attached hydrogens (tertiary/aromatic N) is 1. The largest absolute Gasteiger partial charge is 0.323 e. The summed E-state index contributed by atoms with van der Waals surface area (Å²) in [5.41, 5.74) is 1.70. The summed E-state index contributed by atoms with van der Waals surface area (Å²) in [6.45, 7) is 0.925. The Morgan fingerprint density at radius 3 is 2.85 bits per heavy atom. The van der Waals surface area contributed by atoms with Gasteiger partial charge in [-0.25, -0.2) is 0 Å². The molecular formula is C14H17Cl2N3O. The number of hydrogen-bond donors (Lipinski definition) is 2. The van der Waals surface area contributed by atoms with Gasteiger partial charge in [0.25, 0.3) is 0 Å². The van der Waals surface area contributed by atoms with E-state index in [1.807, 2.05) is 30.3 Å². The highest BCUT2D eigenvalue weighted by atomic mass is 35.5. The van der Waals surface area contributed by atoms with Crippen molar-refractivity contribution in [1.82, 2.24) is 10.3 Å². The molecule has 6 heteroatoms. The number of anilines is 1. The Hall–Kier alpha value is -1.36. The van der Waals surface area contributed by atoms with Crippen LogP contribution in [0.3, 0.4) is 0 Å². The van der Waals surface area contributed by atoms with E-state index in [0.29, 0.717) is 0 Å². The Labute approximate surface area is 130 Å². The number of carbonyl (C=O) groups excluding carboxylic acids is 1. The average molecular weight is 314 g/mol. The minimum Gasteiger partial charge on any atom is -0.323 e. The standard InChI is InChI=1S/C14H15N3O.2ClH/c18-14(13-6-3-7-15-13)17-11-8-10-4-1-2-5-12(10)16-9-11;;/h1-2,4-5,8-9,13,15H,3,6-7H2,(H,17,18);2*1H/t13-;;/m0../s1. The highest BCUT2D eigenvalue weighted by molar-refractivity contribution is 5.96. The smallest absolute Gasteiger partial charge is 0.241 e. The Kier molecular flexibility index (Phi) is 6.20. The van der Waals surface area contributed by atoms with E-state index in [0.717, 1.165) is 36.0 Å². The van der Waals surface area contributed by atoms with Crippen LogP contribution in [0.25, 0.3) is 10.9 Å². The molecule has 1 fully saturated rings. The molecule has 1 amide bonds. The van der Waals surface area contributed by atoms with E-state index in [-0.39, 0.29) is 36.8 Å². The number of halogens is 2. The topological polar surface area (TPSA) is 54.0 Å². The number of aromatic nitrogens is 1. The molecule has 0 radical (unpaired) electrons. The second-order valence-electron chi connectivity index (χ2n) is 4.55. The van der Waals surface area contributed by atoms with Crippen molar-refractivity contribution in [3.63, 3.8) is 0 Å². The van der Waals surface area contributed by atoms with Crippen LogP contribution in [0.4, 0.5) is 5.69 Å². The molecule has 2 aromatic rings. The second kappa shape index (κ2) is 7.43. The van der Waals surface area contributed by atoms with Crippen LogP contribution in [0.2, 0.25) is 0 Å². The van der Waals surface area contributed by atoms with Gasteiger partial charge < -0.3 is 10.6 Å². The third-order valence-electron chi connectivity index (χ3n) is 3.23. The lowest BCUT2D eigenvalue weighted by molar-refractivity contribution is -0.117. The maximum atomic E-state index is 11.9. The number of para-hydroxylation sites is 1. The number of nitrogens with one attached hydrogen (secondary N) is 2. The fraction of sp³-hybridized carbons (Fsp3) is 0.286. The van der Waals surface area contributed by atoms with Crippen LogP contribution < -0.4 is 10.6 Å². The van der Waals surface area contributed by atoms with Crippen molar-refractivity contribution in [2.75, 3.05) is 11.9 Å². The molecule has 1 aliphatic heterocycles. The first kappa shape index (κ1) is 16.7. The van der Waals surface area contributed by atoms with E-state index < -0.39 is 0 Å². The first-order chi connectivity index (χ1) is 8.83. The van der Waals surface area contributed by atoms with Crippen LogP contribution in [0.15, 0.2) is 36.5 Å². The average Bonchev–Trinajstić information content (AvgIpc) is 2.92. The Bertz CT molecular complexity index is 585. The van der Waals surface area contributed by atoms with Gasteiger partial charge in [0.15, 0.2) is 0 Å². The SMILES string of the molecule is Cl.Cl.O=C(Nc1cnc2ccccc2c1)[C@@H]1CCCN1. The molecule has 0 unspecified atom stereocenters. The second-order valence-corrected chi connectivity index (χ2v) is 4.55. The third-order valence-corrected chi connectivity index (χ3v) is 3.23. The Balaban J connectivity index is 0.000001000. The van der Waals surface area contributed by atoms with Crippen molar-refractivity contribution >= 4 is 47.3 Å². The zero-order chi connectivity index (χ0) is 12.4. The third kappa shape index (κ3) is 3.60. The van der Waals surface area contributed by atoms with E-state index in [1.54, 1.807) is 6.20 Å². The van der Waals surface area contributed by atoms with Gasteiger partial charge in [-0.05, 0) is 31.5 Å². The van der Waals surface area contributed by atoms with E-state index in [4.69, 9.17) is 0 Å². The van der Waals surface area contributed by atoms with Gasteiger partial charge in [-0.3, -0.25) is 9.78 Å². The molecule has 1 saturated heterocycles. The molecule has 0 saturated carbocycles. The molecule has 4 nitrogen and oxygen atoms in total. The number of fused-ring (bicyclic) bond motifs is 1. The molecule has 0 bridgehead atoms. The summed E-state index contributed by atoms with van der Waals surface area (Å²) in [6.07, 6.45) is 3.68. The first-order valence-corrected chi connectivity index (χ1v) is 6.22. The van der Waals surface area contributed by atoms with Gasteiger partial charge in [-0.1, -0.05) is 18.2 Å². The predicted octanol–water partition coefficient (Wildman–Crippen LogP) is 2.77. The van der Waals surface area contributed by atoms with Crippen LogP contribution in [0.1, 0.15) is 12.8 Å². The first-order valence-electron chi connectivity index (χ1n) is 6.22. The van der Waals surface area contributed by atoms with Crippen LogP contribution in [0, 0.1) is 0 Å². The molecule has 1 aliphatic rings. The van der Waals surface area contributed by atoms with Crippen LogP contribution in [0.5, 0.6) is 0 Å². The molecule has 3 rings (SSSR count). The molecule has 0 aliphatic carbocycles. The van der Waals surface area contributed by atoms with E-state index in [1.165, 1.54) is 0 Å². The quantitative estimate of drug-likeness (QED) is 0.896. The predicted molar refractivity (Wildman–Crippen MR) is 85.9 cm³/mol. The van der Waals surface area contributed by atoms with Gasteiger partial charge in [-0.15, -0.1) is 24.8 Å². The molecule has 2 N–H and O–H groups in total. The normalized spacial score (nSPS) is 17.1. The fourth-order valence-electron chi connectivity index (χ4n) is 2.28. The zero-order valence-electron chi connectivity index (χ0n) is 10.8. The Morgan fingerprint density at radius 2 is 2.10 bits per heavy atom. The molecule has 1 aromatic heterocycles. The molecule has 2 heterocycles. The summed E-state index contributed by atoms with van der Waals surface area (Å²) in [4.78, 5) is 16.3. The highest BCUT2D eigenvalue weighted by Crippen LogP contribution is 2.17. The van der Waals surface area contributed by atoms with Gasteiger partial charge in [0.2, 0.25) is 5.91 Å². The van der Waals surface area contributed by atoms with Gasteiger partial charge in [0.05, 0.1) is 23.4 Å². The van der Waals surface area contributed by atoms with Crippen LogP contribution in [-0.2, 0) is 4.79 Å². The molecule has 108 valence electrons. The van der Waals surface area contributed by atoms with Crippen molar-refractivity contribution in [3.8, 4) is 0 Å². The summed E-state index contributed by atoms with van der Waals surface area (Å²) in [7, 11) is 0. The summed E-state index contributed by atoms with van der Waals surface area (Å²) in [6, 6.07) is 9.77. The number of hydrogen-bond acceptors (Lipinski definition) is 3. The number of rotatable bonds is 2. The van der Waals surface area contributed by atoms with Gasteiger partial charge in [0, 0.05) is 5.39 Å². The van der Waals surface area contributed by atoms with Crippen molar-refractivity contribution in [1.29, 1.82) is 0 Å². The maximum Gasteiger partial charge on any atom is 0.241 e. The maximum absolute atomic E-state index is 11.9. The summed E-state index contributed by atoms with van der Waals surface area (Å²) < 4.78 is 0. The summed E-state index contributed by atoms with van der Waals surface area (Å²) >= 11 is 0. The van der Waals surface area contributed by atoms with E-state index >= 15 is 0 Å². The Morgan fingerprint density at radius 1 is 1.30 bits per heavy atom. The van der Waals surface area contributed by atoms with Gasteiger partial charge in [0.1, 0.15) is 0 Å². The molecule has 0 spiro atoms. The summed E-state index contributed by atoms with van der Waals surface area (Å²) in [5, 5.41) is 7.13. The van der Waals surface area contributed by atoms with Crippen molar-refractivity contribution < 1.29 is 4.79 Å². The van der Waals surface area contributed by atoms with E-state index in [9.17, 15) is 4.79 Å². The molecule has 20 heavy (non-hydrogen) atoms. The fourth-order valence-corrected chi connectivity index (χ4v) is 2.28. The number of benzene rings is 1. The lowest BCUT2D eigenvalue weighted by Crippen LogP contribution is -2.35. The zero-order valence-corrected chi connectivity index (χ0v) is 12.5. The van der Waals surface area contributed by atoms with Crippen molar-refractivity contribution in [3.05, 3.63) is 36.5 Å². The van der Waals surface area contributed by atoms with Crippen LogP contribution >= 0.6 is 24.8 Å². The lowest BCUT2D eigenvalue weighted by Gasteiger charge is -2.11. The molecule has 1 aromatic carbocycles. The van der Waals surface area contributed by atoms with Crippen molar-refractivity contribution in [2.45, 2.75) is 18.9 Å². The highest BCUT2D eigenvalue weighted by Gasteiger charge is 2.21. The minimum atomic E-state index is -0.0588. The number of amides is 1. The van der Waals surface area contributed by atoms with Gasteiger partial charge >= 0.3 is 0 Å². The lowest BCUT2D eigenvalue weighted by atomic mass is 10.2. The number of pyridine rings is 1. The minimum absolute atomic E-state index is 0. The van der Waals surface area contributed by atoms with Crippen molar-refractivity contribution in [2.24, 2.45) is 0 Å². The van der Waals surface area contributed by atoms with E-state index in [2.05, 4.69) is 15.6 Å². The molecule has 1 atom stereocenters. The summed E-state index contributed by atoms with van der Waals surface area (Å²) in [5.74, 6) is 0.0320. The number of carbonyl (C=O) groups is 1. The monoisotopic (exact) mass is 313 g/mol. The van der Waals surface area contributed by atoms with Crippen LogP contribution in [-0.4, -0.2) is 23.5 Å². The molecular weight excluding hydrogens is 297 g/mol. The van der Waals surface area contributed by atoms with Gasteiger partial charge in [-0.2, -0.15) is 0 Å².